The van der Waals surface area contributed by atoms with Crippen molar-refractivity contribution < 1.29 is 23.1 Å². The number of pyridine rings is 1. The third-order valence-electron chi connectivity index (χ3n) is 11.0. The molecule has 51 heavy (non-hydrogen) atoms. The quantitative estimate of drug-likeness (QED) is 0.214. The molecule has 0 aliphatic carbocycles. The van der Waals surface area contributed by atoms with Crippen LogP contribution in [0.25, 0.3) is 38.5 Å². The van der Waals surface area contributed by atoms with Crippen molar-refractivity contribution in [1.82, 2.24) is 25.0 Å². The summed E-state index contributed by atoms with van der Waals surface area (Å²) < 4.78 is 31.0. The minimum Gasteiger partial charge on any atom is -0.456 e. The molecule has 3 saturated heterocycles. The molecule has 4 aliphatic rings. The maximum Gasteiger partial charge on any atom is 0.256 e. The molecule has 0 bridgehead atoms. The van der Waals surface area contributed by atoms with Crippen molar-refractivity contribution in [2.45, 2.75) is 44.6 Å². The Morgan fingerprint density at radius 3 is 2.45 bits per heavy atom. The van der Waals surface area contributed by atoms with E-state index in [9.17, 15) is 14.4 Å². The summed E-state index contributed by atoms with van der Waals surface area (Å²) in [6.45, 7) is 6.81. The molecule has 6 heterocycles. The van der Waals surface area contributed by atoms with E-state index in [0.29, 0.717) is 67.1 Å². The molecule has 2 aromatic heterocycles. The van der Waals surface area contributed by atoms with E-state index < -0.39 is 17.2 Å². The zero-order chi connectivity index (χ0) is 34.6. The number of furan rings is 1. The summed E-state index contributed by atoms with van der Waals surface area (Å²) in [6, 6.07) is 12.5. The molecule has 3 aromatic carbocycles. The van der Waals surface area contributed by atoms with Crippen LogP contribution in [0.1, 0.15) is 48.9 Å². The normalized spacial score (nSPS) is 18.9. The number of para-hydroxylation sites is 1. The van der Waals surface area contributed by atoms with Gasteiger partial charge in [0.15, 0.2) is 17.3 Å². The number of aromatic nitrogens is 1. The lowest BCUT2D eigenvalue weighted by Crippen LogP contribution is -2.38. The number of likely N-dealkylation sites (tertiary alicyclic amines) is 2. The highest BCUT2D eigenvalue weighted by molar-refractivity contribution is 6.07. The third kappa shape index (κ3) is 5.80. The number of hydrogen-bond donors (Lipinski definition) is 2. The number of fused-ring (bicyclic) bond motifs is 5. The number of nitrogens with zero attached hydrogens (tertiary/aromatic N) is 4. The van der Waals surface area contributed by atoms with Crippen molar-refractivity contribution in [3.63, 3.8) is 0 Å². The van der Waals surface area contributed by atoms with E-state index >= 15 is 4.39 Å². The number of hydrogen-bond acceptors (Lipinski definition) is 8. The molecule has 0 saturated carbocycles. The second kappa shape index (κ2) is 13.0. The van der Waals surface area contributed by atoms with Gasteiger partial charge in [0.25, 0.3) is 5.91 Å². The summed E-state index contributed by atoms with van der Waals surface area (Å²) in [5.41, 5.74) is 1.89. The van der Waals surface area contributed by atoms with E-state index in [4.69, 9.17) is 9.15 Å². The van der Waals surface area contributed by atoms with Crippen molar-refractivity contribution in [3.05, 3.63) is 70.3 Å². The van der Waals surface area contributed by atoms with Crippen LogP contribution >= 0.6 is 0 Å². The molecule has 2 N–H and O–H groups in total. The Morgan fingerprint density at radius 2 is 1.65 bits per heavy atom. The SMILES string of the molecule is O=C(CCN1CCCC1)N[C@@H]1CCN(c2c(F)cc3c(=O)c(C(=O)NCCN4CCCC4)cn4c3c2Oc2cc3c(cc2-4)oc2ccccc23)C1. The predicted molar refractivity (Wildman–Crippen MR) is 194 cm³/mol. The Bertz CT molecular complexity index is 2250. The number of benzene rings is 3. The number of carbonyl (C=O) groups is 2. The van der Waals surface area contributed by atoms with Crippen molar-refractivity contribution in [2.24, 2.45) is 0 Å². The van der Waals surface area contributed by atoms with Crippen molar-refractivity contribution in [1.29, 1.82) is 0 Å². The summed E-state index contributed by atoms with van der Waals surface area (Å²) >= 11 is 0. The number of carbonyl (C=O) groups excluding carboxylic acids is 2. The van der Waals surface area contributed by atoms with Crippen LogP contribution in [0.15, 0.2) is 57.9 Å². The second-order valence-electron chi connectivity index (χ2n) is 14.3. The highest BCUT2D eigenvalue weighted by Crippen LogP contribution is 2.49. The number of nitrogens with one attached hydrogen (secondary N) is 2. The third-order valence-corrected chi connectivity index (χ3v) is 11.0. The lowest BCUT2D eigenvalue weighted by Gasteiger charge is -2.29. The first-order valence-corrected chi connectivity index (χ1v) is 18.2. The number of amides is 2. The van der Waals surface area contributed by atoms with Gasteiger partial charge in [-0.15, -0.1) is 0 Å². The van der Waals surface area contributed by atoms with Gasteiger partial charge in [-0.1, -0.05) is 18.2 Å². The van der Waals surface area contributed by atoms with Gasteiger partial charge >= 0.3 is 0 Å². The number of ether oxygens (including phenoxy) is 1. The van der Waals surface area contributed by atoms with Gasteiger partial charge in [0, 0.05) is 68.2 Å². The van der Waals surface area contributed by atoms with Gasteiger partial charge in [-0.05, 0) is 76.5 Å². The van der Waals surface area contributed by atoms with Crippen LogP contribution in [0.5, 0.6) is 11.5 Å². The molecule has 12 heteroatoms. The van der Waals surface area contributed by atoms with Crippen molar-refractivity contribution >= 4 is 50.3 Å². The minimum atomic E-state index is -0.618. The van der Waals surface area contributed by atoms with E-state index in [2.05, 4.69) is 20.4 Å². The van der Waals surface area contributed by atoms with Gasteiger partial charge < -0.3 is 39.1 Å². The van der Waals surface area contributed by atoms with Gasteiger partial charge in [0.1, 0.15) is 27.9 Å². The Kier molecular flexibility index (Phi) is 8.15. The monoisotopic (exact) mass is 692 g/mol. The first-order chi connectivity index (χ1) is 24.9. The molecule has 2 amide bonds. The maximum absolute atomic E-state index is 16.4. The van der Waals surface area contributed by atoms with Crippen molar-refractivity contribution in [3.8, 4) is 17.2 Å². The van der Waals surface area contributed by atoms with Gasteiger partial charge in [-0.3, -0.25) is 14.4 Å². The largest absolute Gasteiger partial charge is 0.456 e. The Balaban J connectivity index is 1.09. The lowest BCUT2D eigenvalue weighted by molar-refractivity contribution is -0.121. The first-order valence-electron chi connectivity index (χ1n) is 18.2. The van der Waals surface area contributed by atoms with Gasteiger partial charge in [-0.25, -0.2) is 4.39 Å². The molecule has 0 radical (unpaired) electrons. The average Bonchev–Trinajstić information content (AvgIpc) is 3.96. The van der Waals surface area contributed by atoms with Crippen LogP contribution in [0, 0.1) is 5.82 Å². The smallest absolute Gasteiger partial charge is 0.256 e. The number of anilines is 1. The maximum atomic E-state index is 16.4. The Morgan fingerprint density at radius 1 is 0.882 bits per heavy atom. The summed E-state index contributed by atoms with van der Waals surface area (Å²) in [7, 11) is 0. The zero-order valence-corrected chi connectivity index (χ0v) is 28.5. The van der Waals surface area contributed by atoms with E-state index in [0.717, 1.165) is 56.3 Å². The average molecular weight is 693 g/mol. The highest BCUT2D eigenvalue weighted by atomic mass is 19.1. The van der Waals surface area contributed by atoms with Gasteiger partial charge in [0.2, 0.25) is 11.3 Å². The van der Waals surface area contributed by atoms with Crippen LogP contribution in [0.4, 0.5) is 10.1 Å². The van der Waals surface area contributed by atoms with Crippen LogP contribution in [-0.2, 0) is 4.79 Å². The first kappa shape index (κ1) is 32.0. The minimum absolute atomic E-state index is 0.00400. The molecular weight excluding hydrogens is 651 g/mol. The molecule has 5 aromatic rings. The lowest BCUT2D eigenvalue weighted by atomic mass is 10.0. The molecule has 4 aliphatic heterocycles. The second-order valence-corrected chi connectivity index (χ2v) is 14.3. The predicted octanol–water partition coefficient (Wildman–Crippen LogP) is 5.14. The molecule has 3 fully saturated rings. The topological polar surface area (TPSA) is 112 Å². The molecule has 1 atom stereocenters. The van der Waals surface area contributed by atoms with E-state index in [1.54, 1.807) is 10.8 Å². The summed E-state index contributed by atoms with van der Waals surface area (Å²) in [6.07, 6.45) is 7.27. The molecular formula is C39H41FN6O5. The van der Waals surface area contributed by atoms with Crippen LogP contribution in [-0.4, -0.2) is 91.1 Å². The van der Waals surface area contributed by atoms with Crippen LogP contribution in [0.2, 0.25) is 0 Å². The number of rotatable bonds is 9. The summed E-state index contributed by atoms with van der Waals surface area (Å²) in [5, 5.41) is 7.87. The van der Waals surface area contributed by atoms with E-state index in [1.165, 1.54) is 18.9 Å². The fourth-order valence-electron chi connectivity index (χ4n) is 8.36. The molecule has 11 nitrogen and oxygen atoms in total. The number of halogens is 1. The van der Waals surface area contributed by atoms with Gasteiger partial charge in [-0.2, -0.15) is 0 Å². The summed E-state index contributed by atoms with van der Waals surface area (Å²) in [5.74, 6) is -0.465. The van der Waals surface area contributed by atoms with Crippen molar-refractivity contribution in [2.75, 3.05) is 63.8 Å². The molecule has 264 valence electrons. The molecule has 9 rings (SSSR count). The van der Waals surface area contributed by atoms with Gasteiger partial charge in [0.05, 0.1) is 11.1 Å². The fourth-order valence-corrected chi connectivity index (χ4v) is 8.36. The molecule has 0 spiro atoms. The van der Waals surface area contributed by atoms with E-state index in [1.807, 2.05) is 41.3 Å². The van der Waals surface area contributed by atoms with E-state index in [-0.39, 0.29) is 34.3 Å². The summed E-state index contributed by atoms with van der Waals surface area (Å²) in [4.78, 5) is 46.9. The van der Waals surface area contributed by atoms with Crippen LogP contribution < -0.4 is 25.7 Å². The fraction of sp³-hybridized carbons (Fsp3) is 0.410. The standard InChI is InChI=1S/C39H41FN6O5/c40-29-19-27-35-38(36(29)45-17-9-24(22-45)42-34(47)10-16-43-12-3-4-13-43)51-33-20-26-25-7-1-2-8-31(25)50-32(26)21-30(33)46(35)23-28(37(27)48)39(49)41-11-18-44-14-5-6-15-44/h1-2,7-8,19-21,23-24H,3-6,9-18,22H2,(H,41,49)(H,42,47)/t24-/m1/s1. The zero-order valence-electron chi connectivity index (χ0n) is 28.5. The van der Waals surface area contributed by atoms with Crippen LogP contribution in [0.3, 0.4) is 0 Å². The Labute approximate surface area is 293 Å². The molecule has 0 unspecified atom stereocenters. The highest BCUT2D eigenvalue weighted by Gasteiger charge is 2.34. The Hall–Kier alpha value is -4.94.